The van der Waals surface area contributed by atoms with Crippen molar-refractivity contribution < 1.29 is 4.92 Å². The molecule has 0 saturated carbocycles. The molecule has 1 heterocycles. The first kappa shape index (κ1) is 15.1. The highest BCUT2D eigenvalue weighted by atomic mass is 16.6. The molecule has 0 radical (unpaired) electrons. The van der Waals surface area contributed by atoms with Crippen LogP contribution < -0.4 is 5.56 Å². The lowest BCUT2D eigenvalue weighted by atomic mass is 10.1. The van der Waals surface area contributed by atoms with Gasteiger partial charge in [0.15, 0.2) is 0 Å². The fourth-order valence-electron chi connectivity index (χ4n) is 2.04. The van der Waals surface area contributed by atoms with Crippen LogP contribution in [0.15, 0.2) is 40.2 Å². The number of nitro groups is 1. The van der Waals surface area contributed by atoms with E-state index < -0.39 is 10.5 Å². The van der Waals surface area contributed by atoms with Crippen molar-refractivity contribution in [2.24, 2.45) is 5.10 Å². The van der Waals surface area contributed by atoms with Crippen LogP contribution in [0.1, 0.15) is 22.4 Å². The van der Waals surface area contributed by atoms with Crippen LogP contribution in [0.4, 0.5) is 5.69 Å². The number of pyridine rings is 1. The Labute approximate surface area is 125 Å². The van der Waals surface area contributed by atoms with Gasteiger partial charge in [-0.25, -0.2) is 4.68 Å². The van der Waals surface area contributed by atoms with Crippen molar-refractivity contribution in [1.29, 1.82) is 5.26 Å². The Morgan fingerprint density at radius 3 is 2.68 bits per heavy atom. The van der Waals surface area contributed by atoms with Gasteiger partial charge in [-0.1, -0.05) is 12.1 Å². The summed E-state index contributed by atoms with van der Waals surface area (Å²) < 4.78 is 1.06. The third kappa shape index (κ3) is 2.76. The van der Waals surface area contributed by atoms with Crippen LogP contribution in [0.5, 0.6) is 0 Å². The van der Waals surface area contributed by atoms with E-state index in [1.165, 1.54) is 18.3 Å². The molecule has 0 saturated heterocycles. The van der Waals surface area contributed by atoms with Crippen LogP contribution >= 0.6 is 0 Å². The largest absolute Gasteiger partial charge is 0.289 e. The lowest BCUT2D eigenvalue weighted by Gasteiger charge is -2.06. The highest BCUT2D eigenvalue weighted by Gasteiger charge is 2.12. The van der Waals surface area contributed by atoms with Gasteiger partial charge in [-0.05, 0) is 31.5 Å². The summed E-state index contributed by atoms with van der Waals surface area (Å²) >= 11 is 0. The van der Waals surface area contributed by atoms with Gasteiger partial charge in [0.05, 0.1) is 16.7 Å². The molecule has 2 rings (SSSR count). The SMILES string of the molecule is Cc1cc(C)n(/N=C\c2ccccc2[N+](=O)[O-])c(=O)c1C#N. The van der Waals surface area contributed by atoms with Crippen LogP contribution in [0, 0.1) is 35.3 Å². The van der Waals surface area contributed by atoms with E-state index in [-0.39, 0.29) is 16.8 Å². The fourth-order valence-corrected chi connectivity index (χ4v) is 2.04. The van der Waals surface area contributed by atoms with E-state index in [1.54, 1.807) is 32.0 Å². The standard InChI is InChI=1S/C15H12N4O3/c1-10-7-11(2)18(15(20)13(10)8-16)17-9-12-5-3-4-6-14(12)19(21)22/h3-7,9H,1-2H3/b17-9-. The summed E-state index contributed by atoms with van der Waals surface area (Å²) in [5.74, 6) is 0. The zero-order chi connectivity index (χ0) is 16.3. The summed E-state index contributed by atoms with van der Waals surface area (Å²) in [7, 11) is 0. The molecule has 7 nitrogen and oxygen atoms in total. The molecule has 0 unspecified atom stereocenters. The van der Waals surface area contributed by atoms with E-state index in [9.17, 15) is 14.9 Å². The van der Waals surface area contributed by atoms with Crippen molar-refractivity contribution in [3.8, 4) is 6.07 Å². The number of aromatic nitrogens is 1. The lowest BCUT2D eigenvalue weighted by Crippen LogP contribution is -2.22. The topological polar surface area (TPSA) is 101 Å². The third-order valence-electron chi connectivity index (χ3n) is 3.12. The summed E-state index contributed by atoms with van der Waals surface area (Å²) in [6.07, 6.45) is 1.24. The molecular formula is C15H12N4O3. The molecule has 0 aliphatic rings. The number of benzene rings is 1. The number of para-hydroxylation sites is 1. The molecule has 0 fully saturated rings. The van der Waals surface area contributed by atoms with E-state index in [0.29, 0.717) is 11.3 Å². The number of nitriles is 1. The number of hydrogen-bond donors (Lipinski definition) is 0. The molecule has 0 aliphatic carbocycles. The Balaban J connectivity index is 2.56. The first-order valence-corrected chi connectivity index (χ1v) is 6.37. The number of rotatable bonds is 3. The quantitative estimate of drug-likeness (QED) is 0.491. The van der Waals surface area contributed by atoms with Gasteiger partial charge in [0, 0.05) is 11.8 Å². The van der Waals surface area contributed by atoms with Crippen molar-refractivity contribution in [1.82, 2.24) is 4.68 Å². The molecule has 22 heavy (non-hydrogen) atoms. The van der Waals surface area contributed by atoms with Crippen LogP contribution in [0.3, 0.4) is 0 Å². The maximum absolute atomic E-state index is 12.2. The van der Waals surface area contributed by atoms with Gasteiger partial charge in [-0.2, -0.15) is 10.4 Å². The molecule has 0 bridgehead atoms. The lowest BCUT2D eigenvalue weighted by molar-refractivity contribution is -0.385. The summed E-state index contributed by atoms with van der Waals surface area (Å²) in [5.41, 5.74) is 0.737. The molecular weight excluding hydrogens is 284 g/mol. The second-order valence-corrected chi connectivity index (χ2v) is 4.63. The average Bonchev–Trinajstić information content (AvgIpc) is 2.47. The summed E-state index contributed by atoms with van der Waals surface area (Å²) in [4.78, 5) is 22.6. The van der Waals surface area contributed by atoms with Crippen molar-refractivity contribution in [2.45, 2.75) is 13.8 Å². The second kappa shape index (κ2) is 6.01. The van der Waals surface area contributed by atoms with E-state index in [1.807, 2.05) is 6.07 Å². The molecule has 0 atom stereocenters. The van der Waals surface area contributed by atoms with Gasteiger partial charge in [0.2, 0.25) is 0 Å². The fraction of sp³-hybridized carbons (Fsp3) is 0.133. The number of aryl methyl sites for hydroxylation is 2. The Kier molecular flexibility index (Phi) is 4.13. The zero-order valence-electron chi connectivity index (χ0n) is 12.0. The zero-order valence-corrected chi connectivity index (χ0v) is 12.0. The molecule has 0 aliphatic heterocycles. The first-order chi connectivity index (χ1) is 10.5. The molecule has 0 spiro atoms. The van der Waals surface area contributed by atoms with Crippen LogP contribution in [0.25, 0.3) is 0 Å². The number of nitrogens with zero attached hydrogens (tertiary/aromatic N) is 4. The molecule has 1 aromatic carbocycles. The van der Waals surface area contributed by atoms with Crippen LogP contribution in [0.2, 0.25) is 0 Å². The van der Waals surface area contributed by atoms with Gasteiger partial charge in [-0.3, -0.25) is 14.9 Å². The number of hydrogen-bond acceptors (Lipinski definition) is 5. The Morgan fingerprint density at radius 1 is 1.36 bits per heavy atom. The van der Waals surface area contributed by atoms with Gasteiger partial charge < -0.3 is 0 Å². The normalized spacial score (nSPS) is 10.6. The van der Waals surface area contributed by atoms with Gasteiger partial charge in [0.1, 0.15) is 11.6 Å². The maximum Gasteiger partial charge on any atom is 0.289 e. The molecule has 7 heteroatoms. The molecule has 2 aromatic rings. The minimum Gasteiger partial charge on any atom is -0.266 e. The Bertz CT molecular complexity index is 875. The van der Waals surface area contributed by atoms with E-state index >= 15 is 0 Å². The minimum absolute atomic E-state index is 0.00492. The summed E-state index contributed by atoms with van der Waals surface area (Å²) in [6.45, 7) is 3.34. The summed E-state index contributed by atoms with van der Waals surface area (Å²) in [5, 5.41) is 23.9. The monoisotopic (exact) mass is 296 g/mol. The van der Waals surface area contributed by atoms with Crippen molar-refractivity contribution in [3.05, 3.63) is 73.2 Å². The van der Waals surface area contributed by atoms with E-state index in [0.717, 1.165) is 4.68 Å². The summed E-state index contributed by atoms with van der Waals surface area (Å²) in [6, 6.07) is 9.58. The van der Waals surface area contributed by atoms with Crippen LogP contribution in [-0.4, -0.2) is 15.8 Å². The Morgan fingerprint density at radius 2 is 2.05 bits per heavy atom. The van der Waals surface area contributed by atoms with Gasteiger partial charge >= 0.3 is 0 Å². The first-order valence-electron chi connectivity index (χ1n) is 6.37. The number of nitro benzene ring substituents is 1. The predicted molar refractivity (Wildman–Crippen MR) is 81.0 cm³/mol. The molecule has 0 amide bonds. The maximum atomic E-state index is 12.2. The van der Waals surface area contributed by atoms with E-state index in [4.69, 9.17) is 5.26 Å². The van der Waals surface area contributed by atoms with Crippen molar-refractivity contribution >= 4 is 11.9 Å². The molecule has 1 aromatic heterocycles. The minimum atomic E-state index is -0.546. The van der Waals surface area contributed by atoms with Gasteiger partial charge in [-0.15, -0.1) is 0 Å². The van der Waals surface area contributed by atoms with Crippen molar-refractivity contribution in [3.63, 3.8) is 0 Å². The third-order valence-corrected chi connectivity index (χ3v) is 3.12. The van der Waals surface area contributed by atoms with Crippen molar-refractivity contribution in [2.75, 3.05) is 0 Å². The average molecular weight is 296 g/mol. The highest BCUT2D eigenvalue weighted by Crippen LogP contribution is 2.15. The molecule has 110 valence electrons. The predicted octanol–water partition coefficient (Wildman–Crippen LogP) is 2.13. The second-order valence-electron chi connectivity index (χ2n) is 4.63. The van der Waals surface area contributed by atoms with Gasteiger partial charge in [0.25, 0.3) is 11.2 Å². The smallest absolute Gasteiger partial charge is 0.266 e. The van der Waals surface area contributed by atoms with Crippen LogP contribution in [-0.2, 0) is 0 Å². The highest BCUT2D eigenvalue weighted by molar-refractivity contribution is 5.85. The molecule has 0 N–H and O–H groups in total. The Hall–Kier alpha value is -3.27. The van der Waals surface area contributed by atoms with E-state index in [2.05, 4.69) is 5.10 Å².